The Morgan fingerprint density at radius 2 is 2.14 bits per heavy atom. The SMILES string of the molecule is CCN(C(=O)Nc1ccc(F)c(C#N)c1)[C@@H](C)CS(C)(=O)=O. The van der Waals surface area contributed by atoms with Gasteiger partial charge in [0.05, 0.1) is 11.3 Å². The van der Waals surface area contributed by atoms with E-state index in [0.29, 0.717) is 6.54 Å². The highest BCUT2D eigenvalue weighted by Gasteiger charge is 2.22. The molecular weight excluding hydrogens is 309 g/mol. The molecule has 6 nitrogen and oxygen atoms in total. The van der Waals surface area contributed by atoms with Gasteiger partial charge in [-0.15, -0.1) is 0 Å². The van der Waals surface area contributed by atoms with Gasteiger partial charge in [0.15, 0.2) is 0 Å². The zero-order valence-corrected chi connectivity index (χ0v) is 13.4. The lowest BCUT2D eigenvalue weighted by atomic mass is 10.2. The molecule has 0 aliphatic carbocycles. The first kappa shape index (κ1) is 17.9. The van der Waals surface area contributed by atoms with E-state index in [0.717, 1.165) is 12.3 Å². The number of hydrogen-bond acceptors (Lipinski definition) is 4. The molecule has 2 amide bonds. The molecule has 22 heavy (non-hydrogen) atoms. The molecule has 1 aromatic carbocycles. The van der Waals surface area contributed by atoms with Crippen molar-refractivity contribution in [3.05, 3.63) is 29.6 Å². The fourth-order valence-corrected chi connectivity index (χ4v) is 3.12. The molecular formula is C14H18FN3O3S. The van der Waals surface area contributed by atoms with Gasteiger partial charge in [-0.25, -0.2) is 17.6 Å². The third-order valence-electron chi connectivity index (χ3n) is 3.02. The summed E-state index contributed by atoms with van der Waals surface area (Å²) in [5.74, 6) is -0.820. The third kappa shape index (κ3) is 5.00. The second-order valence-electron chi connectivity index (χ2n) is 4.96. The summed E-state index contributed by atoms with van der Waals surface area (Å²) in [4.78, 5) is 13.6. The molecule has 1 atom stereocenters. The number of nitriles is 1. The molecule has 0 unspecified atom stereocenters. The van der Waals surface area contributed by atoms with Crippen LogP contribution in [0.25, 0.3) is 0 Å². The Kier molecular flexibility index (Phi) is 5.88. The van der Waals surface area contributed by atoms with Crippen LogP contribution in [0.5, 0.6) is 0 Å². The number of benzene rings is 1. The lowest BCUT2D eigenvalue weighted by molar-refractivity contribution is 0.201. The van der Waals surface area contributed by atoms with E-state index in [9.17, 15) is 17.6 Å². The Morgan fingerprint density at radius 1 is 1.50 bits per heavy atom. The van der Waals surface area contributed by atoms with Crippen LogP contribution in [0.15, 0.2) is 18.2 Å². The van der Waals surface area contributed by atoms with Gasteiger partial charge in [0.1, 0.15) is 21.7 Å². The molecule has 0 bridgehead atoms. The molecule has 0 aliphatic heterocycles. The Hall–Kier alpha value is -2.14. The second-order valence-corrected chi connectivity index (χ2v) is 7.15. The standard InChI is InChI=1S/C14H18FN3O3S/c1-4-18(10(2)9-22(3,20)21)14(19)17-12-5-6-13(15)11(7-12)8-16/h5-7,10H,4,9H2,1-3H3,(H,17,19)/t10-/m0/s1. The van der Waals surface area contributed by atoms with Crippen LogP contribution in [0.1, 0.15) is 19.4 Å². The van der Waals surface area contributed by atoms with Crippen LogP contribution in [0.3, 0.4) is 0 Å². The van der Waals surface area contributed by atoms with Crippen molar-refractivity contribution in [2.24, 2.45) is 0 Å². The highest BCUT2D eigenvalue weighted by molar-refractivity contribution is 7.90. The summed E-state index contributed by atoms with van der Waals surface area (Å²) in [5, 5.41) is 11.3. The first-order valence-corrected chi connectivity index (χ1v) is 8.69. The number of hydrogen-bond donors (Lipinski definition) is 1. The summed E-state index contributed by atoms with van der Waals surface area (Å²) in [6, 6.07) is 4.33. The molecule has 0 aromatic heterocycles. The molecule has 0 saturated carbocycles. The number of carbonyl (C=O) groups is 1. The van der Waals surface area contributed by atoms with Crippen LogP contribution in [-0.2, 0) is 9.84 Å². The quantitative estimate of drug-likeness (QED) is 0.895. The van der Waals surface area contributed by atoms with Crippen molar-refractivity contribution in [2.75, 3.05) is 23.9 Å². The van der Waals surface area contributed by atoms with Crippen molar-refractivity contribution < 1.29 is 17.6 Å². The van der Waals surface area contributed by atoms with Crippen LogP contribution in [0.2, 0.25) is 0 Å². The molecule has 1 aromatic rings. The number of amides is 2. The predicted molar refractivity (Wildman–Crippen MR) is 81.7 cm³/mol. The van der Waals surface area contributed by atoms with Gasteiger partial charge in [-0.3, -0.25) is 0 Å². The van der Waals surface area contributed by atoms with Crippen molar-refractivity contribution in [1.29, 1.82) is 5.26 Å². The number of nitrogens with one attached hydrogen (secondary N) is 1. The van der Waals surface area contributed by atoms with E-state index in [1.54, 1.807) is 19.9 Å². The minimum Gasteiger partial charge on any atom is -0.321 e. The summed E-state index contributed by atoms with van der Waals surface area (Å²) < 4.78 is 35.9. The molecule has 0 spiro atoms. The summed E-state index contributed by atoms with van der Waals surface area (Å²) in [6.07, 6.45) is 1.11. The summed E-state index contributed by atoms with van der Waals surface area (Å²) in [6.45, 7) is 3.67. The third-order valence-corrected chi connectivity index (χ3v) is 4.10. The van der Waals surface area contributed by atoms with Crippen LogP contribution in [-0.4, -0.2) is 43.9 Å². The fraction of sp³-hybridized carbons (Fsp3) is 0.429. The Balaban J connectivity index is 2.88. The lowest BCUT2D eigenvalue weighted by Gasteiger charge is -2.27. The molecule has 0 fully saturated rings. The van der Waals surface area contributed by atoms with Gasteiger partial charge in [-0.2, -0.15) is 5.26 Å². The van der Waals surface area contributed by atoms with Gasteiger partial charge >= 0.3 is 6.03 Å². The second kappa shape index (κ2) is 7.22. The zero-order valence-electron chi connectivity index (χ0n) is 12.6. The fourth-order valence-electron chi connectivity index (χ4n) is 2.07. The zero-order chi connectivity index (χ0) is 16.9. The first-order chi connectivity index (χ1) is 10.2. The molecule has 0 aliphatic rings. The average molecular weight is 327 g/mol. The average Bonchev–Trinajstić information content (AvgIpc) is 2.39. The normalized spacial score (nSPS) is 12.3. The van der Waals surface area contributed by atoms with Crippen molar-refractivity contribution in [3.63, 3.8) is 0 Å². The Labute approximate surface area is 129 Å². The largest absolute Gasteiger partial charge is 0.322 e. The van der Waals surface area contributed by atoms with E-state index < -0.39 is 27.7 Å². The van der Waals surface area contributed by atoms with Gasteiger partial charge in [0.25, 0.3) is 0 Å². The summed E-state index contributed by atoms with van der Waals surface area (Å²) >= 11 is 0. The molecule has 1 N–H and O–H groups in total. The maximum atomic E-state index is 13.2. The number of halogens is 1. The van der Waals surface area contributed by atoms with E-state index >= 15 is 0 Å². The van der Waals surface area contributed by atoms with Crippen molar-refractivity contribution in [1.82, 2.24) is 4.90 Å². The highest BCUT2D eigenvalue weighted by atomic mass is 32.2. The predicted octanol–water partition coefficient (Wildman–Crippen LogP) is 1.98. The number of rotatable bonds is 5. The van der Waals surface area contributed by atoms with Gasteiger partial charge in [-0.1, -0.05) is 0 Å². The molecule has 8 heteroatoms. The maximum absolute atomic E-state index is 13.2. The van der Waals surface area contributed by atoms with Gasteiger partial charge in [0, 0.05) is 24.5 Å². The minimum atomic E-state index is -3.22. The number of sulfone groups is 1. The van der Waals surface area contributed by atoms with E-state index in [4.69, 9.17) is 5.26 Å². The van der Waals surface area contributed by atoms with Crippen LogP contribution in [0, 0.1) is 17.1 Å². The minimum absolute atomic E-state index is 0.152. The van der Waals surface area contributed by atoms with Crippen LogP contribution < -0.4 is 5.32 Å². The van der Waals surface area contributed by atoms with Crippen molar-refractivity contribution in [3.8, 4) is 6.07 Å². The van der Waals surface area contributed by atoms with Gasteiger partial charge < -0.3 is 10.2 Å². The van der Waals surface area contributed by atoms with Gasteiger partial charge in [-0.05, 0) is 32.0 Å². The Bertz CT molecular complexity index is 698. The van der Waals surface area contributed by atoms with Crippen LogP contribution in [0.4, 0.5) is 14.9 Å². The van der Waals surface area contributed by atoms with E-state index in [1.165, 1.54) is 17.0 Å². The Morgan fingerprint density at radius 3 is 2.64 bits per heavy atom. The van der Waals surface area contributed by atoms with E-state index in [2.05, 4.69) is 5.32 Å². The monoisotopic (exact) mass is 327 g/mol. The number of nitrogens with zero attached hydrogens (tertiary/aromatic N) is 2. The van der Waals surface area contributed by atoms with Crippen molar-refractivity contribution in [2.45, 2.75) is 19.9 Å². The first-order valence-electron chi connectivity index (χ1n) is 6.63. The molecule has 1 rings (SSSR count). The molecule has 0 heterocycles. The molecule has 120 valence electrons. The maximum Gasteiger partial charge on any atom is 0.322 e. The summed E-state index contributed by atoms with van der Waals surface area (Å²) in [5.41, 5.74) is 0.0954. The highest BCUT2D eigenvalue weighted by Crippen LogP contribution is 2.15. The van der Waals surface area contributed by atoms with Gasteiger partial charge in [0.2, 0.25) is 0 Å². The van der Waals surface area contributed by atoms with Crippen LogP contribution >= 0.6 is 0 Å². The van der Waals surface area contributed by atoms with E-state index in [1.807, 2.05) is 0 Å². The molecule has 0 saturated heterocycles. The summed E-state index contributed by atoms with van der Waals surface area (Å²) in [7, 11) is -3.22. The number of urea groups is 1. The number of carbonyl (C=O) groups excluding carboxylic acids is 1. The lowest BCUT2D eigenvalue weighted by Crippen LogP contribution is -2.44. The molecule has 0 radical (unpaired) electrons. The van der Waals surface area contributed by atoms with E-state index in [-0.39, 0.29) is 17.0 Å². The smallest absolute Gasteiger partial charge is 0.321 e. The topological polar surface area (TPSA) is 90.3 Å². The van der Waals surface area contributed by atoms with Crippen molar-refractivity contribution >= 4 is 21.6 Å². The number of anilines is 1.